The van der Waals surface area contributed by atoms with Crippen LogP contribution in [-0.2, 0) is 21.3 Å². The van der Waals surface area contributed by atoms with E-state index in [0.717, 1.165) is 66.6 Å². The Morgan fingerprint density at radius 3 is 2.81 bits per heavy atom. The molecule has 32 heavy (non-hydrogen) atoms. The number of rotatable bonds is 1. The molecule has 0 amide bonds. The standard InChI is InChI=1S/C26H30ClN3O2/c1-17-16-32-15-14-31-13-5-11-26(2)21(17)9-8-20-23(26)29-25(30-24(20)27)19-10-12-28-22-7-4-3-6-18(19)22/h3-4,6-7,10,12,17,21H,5,8-9,11,13-16H2,1-2H3/t17-,21+,26+/m0/s1. The Morgan fingerprint density at radius 2 is 1.91 bits per heavy atom. The number of para-hydroxylation sites is 1. The molecule has 5 rings (SSSR count). The second kappa shape index (κ2) is 9.05. The maximum atomic E-state index is 6.82. The smallest absolute Gasteiger partial charge is 0.161 e. The first-order valence-corrected chi connectivity index (χ1v) is 12.0. The van der Waals surface area contributed by atoms with E-state index in [1.54, 1.807) is 0 Å². The van der Waals surface area contributed by atoms with Crippen molar-refractivity contribution in [2.45, 2.75) is 44.9 Å². The number of benzene rings is 1. The van der Waals surface area contributed by atoms with Crippen molar-refractivity contribution in [3.05, 3.63) is 52.9 Å². The number of pyridine rings is 1. The van der Waals surface area contributed by atoms with Gasteiger partial charge in [0.2, 0.25) is 0 Å². The maximum absolute atomic E-state index is 6.82. The lowest BCUT2D eigenvalue weighted by molar-refractivity contribution is 0.0256. The molecule has 168 valence electrons. The van der Waals surface area contributed by atoms with Gasteiger partial charge in [0.25, 0.3) is 0 Å². The van der Waals surface area contributed by atoms with Gasteiger partial charge in [0.1, 0.15) is 5.15 Å². The molecule has 2 aliphatic rings. The summed E-state index contributed by atoms with van der Waals surface area (Å²) >= 11 is 6.82. The fourth-order valence-corrected chi connectivity index (χ4v) is 5.98. The van der Waals surface area contributed by atoms with Gasteiger partial charge in [0.15, 0.2) is 5.82 Å². The molecule has 1 aliphatic carbocycles. The first-order valence-electron chi connectivity index (χ1n) is 11.6. The Balaban J connectivity index is 1.64. The van der Waals surface area contributed by atoms with Crippen LogP contribution in [0.1, 0.15) is 44.4 Å². The van der Waals surface area contributed by atoms with Gasteiger partial charge in [-0.2, -0.15) is 0 Å². The van der Waals surface area contributed by atoms with Gasteiger partial charge in [0, 0.05) is 41.3 Å². The lowest BCUT2D eigenvalue weighted by Crippen LogP contribution is -2.43. The normalized spacial score (nSPS) is 26.7. The van der Waals surface area contributed by atoms with Crippen LogP contribution in [-0.4, -0.2) is 41.4 Å². The van der Waals surface area contributed by atoms with Gasteiger partial charge in [0.05, 0.1) is 24.4 Å². The van der Waals surface area contributed by atoms with E-state index in [2.05, 4.69) is 24.9 Å². The van der Waals surface area contributed by atoms with Crippen LogP contribution < -0.4 is 0 Å². The number of halogens is 1. The molecule has 1 saturated heterocycles. The Labute approximate surface area is 194 Å². The van der Waals surface area contributed by atoms with Crippen molar-refractivity contribution in [2.24, 2.45) is 11.8 Å². The summed E-state index contributed by atoms with van der Waals surface area (Å²) in [4.78, 5) is 14.5. The predicted octanol–water partition coefficient (Wildman–Crippen LogP) is 5.63. The Hall–Kier alpha value is -2.08. The van der Waals surface area contributed by atoms with Crippen molar-refractivity contribution in [2.75, 3.05) is 26.4 Å². The molecule has 0 saturated carbocycles. The van der Waals surface area contributed by atoms with Gasteiger partial charge in [-0.25, -0.2) is 9.97 Å². The summed E-state index contributed by atoms with van der Waals surface area (Å²) in [5.74, 6) is 1.59. The molecule has 0 unspecified atom stereocenters. The molecule has 1 aliphatic heterocycles. The van der Waals surface area contributed by atoms with Crippen LogP contribution in [0.4, 0.5) is 0 Å². The molecule has 0 bridgehead atoms. The Kier molecular flexibility index (Phi) is 6.15. The number of fused-ring (bicyclic) bond motifs is 4. The molecule has 1 fully saturated rings. The highest BCUT2D eigenvalue weighted by atomic mass is 35.5. The van der Waals surface area contributed by atoms with Crippen LogP contribution in [0.3, 0.4) is 0 Å². The SMILES string of the molecule is C[C@H]1COCCOCCC[C@@]2(C)c3nc(-c4ccnc5ccccc45)nc(Cl)c3CC[C@H]12. The minimum absolute atomic E-state index is 0.103. The Bertz CT molecular complexity index is 1120. The highest BCUT2D eigenvalue weighted by Gasteiger charge is 2.45. The van der Waals surface area contributed by atoms with Crippen molar-refractivity contribution < 1.29 is 9.47 Å². The maximum Gasteiger partial charge on any atom is 0.161 e. The summed E-state index contributed by atoms with van der Waals surface area (Å²) in [5, 5.41) is 1.63. The molecule has 0 radical (unpaired) electrons. The molecule has 5 nitrogen and oxygen atoms in total. The van der Waals surface area contributed by atoms with Gasteiger partial charge in [-0.3, -0.25) is 4.98 Å². The van der Waals surface area contributed by atoms with E-state index in [9.17, 15) is 0 Å². The highest BCUT2D eigenvalue weighted by molar-refractivity contribution is 6.30. The number of nitrogens with zero attached hydrogens (tertiary/aromatic N) is 3. The molecule has 6 heteroatoms. The fourth-order valence-electron chi connectivity index (χ4n) is 5.72. The van der Waals surface area contributed by atoms with Crippen molar-refractivity contribution >= 4 is 22.5 Å². The van der Waals surface area contributed by atoms with Crippen molar-refractivity contribution in [3.8, 4) is 11.4 Å². The van der Waals surface area contributed by atoms with E-state index >= 15 is 0 Å². The van der Waals surface area contributed by atoms with Gasteiger partial charge in [-0.15, -0.1) is 0 Å². The number of hydrogen-bond donors (Lipinski definition) is 0. The first kappa shape index (κ1) is 21.7. The lowest BCUT2D eigenvalue weighted by Gasteiger charge is -2.45. The van der Waals surface area contributed by atoms with Gasteiger partial charge in [-0.05, 0) is 49.7 Å². The highest BCUT2D eigenvalue weighted by Crippen LogP contribution is 2.49. The molecule has 3 aromatic rings. The second-order valence-electron chi connectivity index (χ2n) is 9.37. The van der Waals surface area contributed by atoms with Crippen molar-refractivity contribution in [3.63, 3.8) is 0 Å². The van der Waals surface area contributed by atoms with Gasteiger partial charge < -0.3 is 9.47 Å². The summed E-state index contributed by atoms with van der Waals surface area (Å²) in [6, 6.07) is 10.1. The summed E-state index contributed by atoms with van der Waals surface area (Å²) < 4.78 is 11.7. The van der Waals surface area contributed by atoms with E-state index in [0.29, 0.717) is 36.0 Å². The van der Waals surface area contributed by atoms with Crippen LogP contribution in [0.25, 0.3) is 22.3 Å². The Morgan fingerprint density at radius 1 is 1.06 bits per heavy atom. The average Bonchev–Trinajstić information content (AvgIpc) is 2.83. The van der Waals surface area contributed by atoms with Crippen LogP contribution in [0, 0.1) is 11.8 Å². The minimum atomic E-state index is -0.103. The molecule has 3 heterocycles. The molecular formula is C26H30ClN3O2. The summed E-state index contributed by atoms with van der Waals surface area (Å²) in [7, 11) is 0. The third kappa shape index (κ3) is 3.91. The first-order chi connectivity index (χ1) is 15.6. The van der Waals surface area contributed by atoms with E-state index in [1.807, 2.05) is 30.5 Å². The van der Waals surface area contributed by atoms with E-state index in [-0.39, 0.29) is 5.41 Å². The van der Waals surface area contributed by atoms with Gasteiger partial charge >= 0.3 is 0 Å². The third-order valence-electron chi connectivity index (χ3n) is 7.34. The molecule has 1 aromatic carbocycles. The van der Waals surface area contributed by atoms with E-state index < -0.39 is 0 Å². The van der Waals surface area contributed by atoms with E-state index in [1.165, 1.54) is 0 Å². The van der Waals surface area contributed by atoms with Crippen LogP contribution in [0.5, 0.6) is 0 Å². The van der Waals surface area contributed by atoms with Crippen LogP contribution in [0.15, 0.2) is 36.5 Å². The lowest BCUT2D eigenvalue weighted by atomic mass is 9.61. The largest absolute Gasteiger partial charge is 0.379 e. The van der Waals surface area contributed by atoms with Crippen molar-refractivity contribution in [1.29, 1.82) is 0 Å². The molecule has 0 N–H and O–H groups in total. The topological polar surface area (TPSA) is 57.1 Å². The summed E-state index contributed by atoms with van der Waals surface area (Å²) in [6.07, 6.45) is 5.82. The summed E-state index contributed by atoms with van der Waals surface area (Å²) in [6.45, 7) is 7.50. The zero-order valence-corrected chi connectivity index (χ0v) is 19.6. The molecule has 3 atom stereocenters. The second-order valence-corrected chi connectivity index (χ2v) is 9.73. The minimum Gasteiger partial charge on any atom is -0.379 e. The third-order valence-corrected chi connectivity index (χ3v) is 7.65. The number of ether oxygens (including phenoxy) is 2. The zero-order chi connectivity index (χ0) is 22.1. The predicted molar refractivity (Wildman–Crippen MR) is 127 cm³/mol. The van der Waals surface area contributed by atoms with Gasteiger partial charge in [-0.1, -0.05) is 43.6 Å². The monoisotopic (exact) mass is 451 g/mol. The number of aromatic nitrogens is 3. The van der Waals surface area contributed by atoms with E-state index in [4.69, 9.17) is 31.0 Å². The molecule has 2 aromatic heterocycles. The molecular weight excluding hydrogens is 422 g/mol. The quantitative estimate of drug-likeness (QED) is 0.449. The van der Waals surface area contributed by atoms with Crippen molar-refractivity contribution in [1.82, 2.24) is 15.0 Å². The summed E-state index contributed by atoms with van der Waals surface area (Å²) in [5.41, 5.74) is 4.02. The zero-order valence-electron chi connectivity index (χ0n) is 18.8. The van der Waals surface area contributed by atoms with Crippen LogP contribution >= 0.6 is 11.6 Å². The van der Waals surface area contributed by atoms with Crippen LogP contribution in [0.2, 0.25) is 5.15 Å². The molecule has 0 spiro atoms. The average molecular weight is 452 g/mol. The fraction of sp³-hybridized carbons (Fsp3) is 0.500. The number of hydrogen-bond acceptors (Lipinski definition) is 5.